The molecule has 0 amide bonds. The van der Waals surface area contributed by atoms with E-state index in [9.17, 15) is 0 Å². The van der Waals surface area contributed by atoms with Gasteiger partial charge >= 0.3 is 0 Å². The molecule has 1 aromatic carbocycles. The Hall–Kier alpha value is 0.180. The number of halogens is 1. The molecule has 0 aromatic heterocycles. The average molecular weight is 435 g/mol. The van der Waals surface area contributed by atoms with E-state index in [0.29, 0.717) is 0 Å². The first-order valence-corrected chi connectivity index (χ1v) is 11.1. The fourth-order valence-electron chi connectivity index (χ4n) is 3.03. The van der Waals surface area contributed by atoms with Gasteiger partial charge in [-0.25, -0.2) is 0 Å². The summed E-state index contributed by atoms with van der Waals surface area (Å²) in [6.45, 7) is 6.99. The van der Waals surface area contributed by atoms with E-state index in [1.54, 1.807) is 0 Å². The SMILES string of the molecule is CCCC[P+](CCCC)(CCCC)N(C)c1ccccc1.[I-]. The van der Waals surface area contributed by atoms with Gasteiger partial charge in [0.25, 0.3) is 0 Å². The molecule has 0 unspecified atom stereocenters. The maximum Gasteiger partial charge on any atom is 0.105 e. The van der Waals surface area contributed by atoms with Gasteiger partial charge in [-0.2, -0.15) is 0 Å². The van der Waals surface area contributed by atoms with Gasteiger partial charge in [-0.3, -0.25) is 4.67 Å². The molecule has 0 aliphatic heterocycles. The first kappa shape index (κ1) is 22.2. The molecule has 0 heterocycles. The zero-order valence-corrected chi connectivity index (χ0v) is 18.1. The number of anilines is 1. The topological polar surface area (TPSA) is 3.24 Å². The van der Waals surface area contributed by atoms with Crippen LogP contribution in [-0.4, -0.2) is 25.5 Å². The standard InChI is InChI=1S/C19H35NP.HI/c1-5-8-16-21(17-9-6-2,18-10-7-3)20(4)19-14-12-11-13-15-19;/h11-15H,5-10,16-18H2,1-4H3;1H/q+1;/p-1. The lowest BCUT2D eigenvalue weighted by Crippen LogP contribution is -3.00. The summed E-state index contributed by atoms with van der Waals surface area (Å²) in [5, 5.41) is 0. The Morgan fingerprint density at radius 3 is 1.55 bits per heavy atom. The number of hydrogen-bond acceptors (Lipinski definition) is 1. The summed E-state index contributed by atoms with van der Waals surface area (Å²) >= 11 is 0. The van der Waals surface area contributed by atoms with Crippen molar-refractivity contribution in [3.05, 3.63) is 30.3 Å². The van der Waals surface area contributed by atoms with Gasteiger partial charge in [0, 0.05) is 7.05 Å². The van der Waals surface area contributed by atoms with Crippen LogP contribution >= 0.6 is 7.41 Å². The molecule has 0 radical (unpaired) electrons. The highest BCUT2D eigenvalue weighted by molar-refractivity contribution is 7.77. The number of unbranched alkanes of at least 4 members (excludes halogenated alkanes) is 3. The van der Waals surface area contributed by atoms with Gasteiger partial charge in [-0.05, 0) is 31.4 Å². The van der Waals surface area contributed by atoms with Crippen LogP contribution in [0.5, 0.6) is 0 Å². The first-order chi connectivity index (χ1) is 10.2. The third kappa shape index (κ3) is 6.74. The Morgan fingerprint density at radius 1 is 0.773 bits per heavy atom. The molecule has 3 heteroatoms. The van der Waals surface area contributed by atoms with E-state index < -0.39 is 7.41 Å². The minimum Gasteiger partial charge on any atom is -1.00 e. The molecule has 0 saturated carbocycles. The van der Waals surface area contributed by atoms with Crippen molar-refractivity contribution in [2.75, 3.05) is 30.2 Å². The number of para-hydroxylation sites is 1. The Balaban J connectivity index is 0.00000441. The van der Waals surface area contributed by atoms with Crippen LogP contribution in [0.25, 0.3) is 0 Å². The summed E-state index contributed by atoms with van der Waals surface area (Å²) in [6, 6.07) is 11.1. The highest BCUT2D eigenvalue weighted by atomic mass is 127. The zero-order chi connectivity index (χ0) is 15.6. The molecule has 0 aliphatic rings. The third-order valence-corrected chi connectivity index (χ3v) is 9.50. The summed E-state index contributed by atoms with van der Waals surface area (Å²) < 4.78 is 2.70. The minimum atomic E-state index is -1.03. The van der Waals surface area contributed by atoms with Gasteiger partial charge in [0.15, 0.2) is 0 Å². The van der Waals surface area contributed by atoms with Crippen molar-refractivity contribution in [1.29, 1.82) is 0 Å². The van der Waals surface area contributed by atoms with Crippen LogP contribution in [0.15, 0.2) is 30.3 Å². The molecule has 1 nitrogen and oxygen atoms in total. The summed E-state index contributed by atoms with van der Waals surface area (Å²) in [7, 11) is 1.34. The van der Waals surface area contributed by atoms with Gasteiger partial charge in [-0.1, -0.05) is 58.2 Å². The molecular weight excluding hydrogens is 400 g/mol. The predicted molar refractivity (Wildman–Crippen MR) is 101 cm³/mol. The van der Waals surface area contributed by atoms with Crippen LogP contribution in [0.4, 0.5) is 5.69 Å². The van der Waals surface area contributed by atoms with E-state index >= 15 is 0 Å². The molecule has 0 atom stereocenters. The van der Waals surface area contributed by atoms with Crippen molar-refractivity contribution in [3.8, 4) is 0 Å². The molecular formula is C19H35INP. The van der Waals surface area contributed by atoms with Gasteiger partial charge in [0.05, 0.1) is 24.2 Å². The number of hydrogen-bond donors (Lipinski definition) is 0. The van der Waals surface area contributed by atoms with Crippen molar-refractivity contribution < 1.29 is 24.0 Å². The highest BCUT2D eigenvalue weighted by Gasteiger charge is 2.40. The molecule has 0 fully saturated rings. The van der Waals surface area contributed by atoms with Crippen LogP contribution in [-0.2, 0) is 0 Å². The van der Waals surface area contributed by atoms with Gasteiger partial charge in [0.1, 0.15) is 7.41 Å². The first-order valence-electron chi connectivity index (χ1n) is 8.85. The average Bonchev–Trinajstić information content (AvgIpc) is 2.55. The Morgan fingerprint density at radius 2 is 1.18 bits per heavy atom. The molecule has 0 N–H and O–H groups in total. The summed E-state index contributed by atoms with van der Waals surface area (Å²) in [4.78, 5) is 0. The summed E-state index contributed by atoms with van der Waals surface area (Å²) in [5.74, 6) is 0. The third-order valence-electron chi connectivity index (χ3n) is 4.55. The van der Waals surface area contributed by atoms with E-state index in [-0.39, 0.29) is 24.0 Å². The van der Waals surface area contributed by atoms with Crippen LogP contribution in [0.1, 0.15) is 59.3 Å². The van der Waals surface area contributed by atoms with Crippen molar-refractivity contribution >= 4 is 13.1 Å². The van der Waals surface area contributed by atoms with Gasteiger partial charge in [-0.15, -0.1) is 0 Å². The van der Waals surface area contributed by atoms with Crippen molar-refractivity contribution in [3.63, 3.8) is 0 Å². The van der Waals surface area contributed by atoms with E-state index in [1.807, 2.05) is 0 Å². The van der Waals surface area contributed by atoms with Crippen molar-refractivity contribution in [2.24, 2.45) is 0 Å². The van der Waals surface area contributed by atoms with Crippen LogP contribution in [0.3, 0.4) is 0 Å². The van der Waals surface area contributed by atoms with Crippen molar-refractivity contribution in [1.82, 2.24) is 0 Å². The van der Waals surface area contributed by atoms with Crippen LogP contribution in [0, 0.1) is 0 Å². The predicted octanol–water partition coefficient (Wildman–Crippen LogP) is 3.46. The molecule has 0 saturated heterocycles. The number of rotatable bonds is 11. The monoisotopic (exact) mass is 435 g/mol. The summed E-state index contributed by atoms with van der Waals surface area (Å²) in [5.41, 5.74) is 1.43. The smallest absolute Gasteiger partial charge is 0.105 e. The Kier molecular flexibility index (Phi) is 12.7. The summed E-state index contributed by atoms with van der Waals surface area (Å²) in [6.07, 6.45) is 12.4. The molecule has 0 bridgehead atoms. The van der Waals surface area contributed by atoms with Crippen LogP contribution < -0.4 is 28.6 Å². The largest absolute Gasteiger partial charge is 1.00 e. The minimum absolute atomic E-state index is 0. The maximum atomic E-state index is 2.70. The van der Waals surface area contributed by atoms with Crippen molar-refractivity contribution in [2.45, 2.75) is 59.3 Å². The lowest BCUT2D eigenvalue weighted by atomic mass is 10.3. The second-order valence-corrected chi connectivity index (χ2v) is 10.3. The molecule has 1 aromatic rings. The highest BCUT2D eigenvalue weighted by Crippen LogP contribution is 2.64. The van der Waals surface area contributed by atoms with Gasteiger partial charge < -0.3 is 24.0 Å². The quantitative estimate of drug-likeness (QED) is 0.380. The molecule has 1 rings (SSSR count). The normalized spacial score (nSPS) is 11.1. The fourth-order valence-corrected chi connectivity index (χ4v) is 7.94. The molecule has 22 heavy (non-hydrogen) atoms. The second-order valence-electron chi connectivity index (χ2n) is 6.19. The maximum absolute atomic E-state index is 2.70. The molecule has 128 valence electrons. The number of benzene rings is 1. The lowest BCUT2D eigenvalue weighted by Gasteiger charge is -2.36. The van der Waals surface area contributed by atoms with E-state index in [2.05, 4.69) is 62.8 Å². The Labute approximate surface area is 156 Å². The molecule has 0 aliphatic carbocycles. The fraction of sp³-hybridized carbons (Fsp3) is 0.684. The van der Waals surface area contributed by atoms with Gasteiger partial charge in [0.2, 0.25) is 0 Å². The van der Waals surface area contributed by atoms with E-state index in [0.717, 1.165) is 0 Å². The number of nitrogens with zero attached hydrogens (tertiary/aromatic N) is 1. The zero-order valence-electron chi connectivity index (χ0n) is 15.0. The molecule has 0 spiro atoms. The second kappa shape index (κ2) is 12.6. The lowest BCUT2D eigenvalue weighted by molar-refractivity contribution is -0.00000465. The van der Waals surface area contributed by atoms with E-state index in [4.69, 9.17) is 0 Å². The van der Waals surface area contributed by atoms with E-state index in [1.165, 1.54) is 62.7 Å². The Bertz CT molecular complexity index is 347. The van der Waals surface area contributed by atoms with Crippen LogP contribution in [0.2, 0.25) is 0 Å².